The summed E-state index contributed by atoms with van der Waals surface area (Å²) in [6.45, 7) is 8.09. The van der Waals surface area contributed by atoms with E-state index in [1.54, 1.807) is 0 Å². The molecule has 116 valence electrons. The van der Waals surface area contributed by atoms with Crippen LogP contribution in [0.4, 0.5) is 4.79 Å². The van der Waals surface area contributed by atoms with Crippen molar-refractivity contribution in [3.63, 3.8) is 0 Å². The van der Waals surface area contributed by atoms with Gasteiger partial charge in [-0.1, -0.05) is 20.3 Å². The Labute approximate surface area is 121 Å². The summed E-state index contributed by atoms with van der Waals surface area (Å²) in [5.74, 6) is 0.365. The first kappa shape index (κ1) is 16.8. The van der Waals surface area contributed by atoms with Crippen molar-refractivity contribution < 1.29 is 14.7 Å². The Morgan fingerprint density at radius 2 is 1.95 bits per heavy atom. The summed E-state index contributed by atoms with van der Waals surface area (Å²) in [6, 6.07) is 0.0456. The molecule has 5 heteroatoms. The predicted octanol–water partition coefficient (Wildman–Crippen LogP) is 2.75. The third kappa shape index (κ3) is 5.02. The molecule has 3 atom stereocenters. The van der Waals surface area contributed by atoms with E-state index in [0.29, 0.717) is 18.3 Å². The molecule has 3 unspecified atom stereocenters. The number of carboxylic acid groups (broad SMARTS) is 1. The number of urea groups is 1. The van der Waals surface area contributed by atoms with Crippen LogP contribution >= 0.6 is 0 Å². The highest BCUT2D eigenvalue weighted by atomic mass is 16.4. The van der Waals surface area contributed by atoms with Crippen molar-refractivity contribution in [2.75, 3.05) is 0 Å². The number of carbonyl (C=O) groups excluding carboxylic acids is 1. The van der Waals surface area contributed by atoms with Gasteiger partial charge in [-0.15, -0.1) is 0 Å². The van der Waals surface area contributed by atoms with E-state index < -0.39 is 11.5 Å². The molecule has 1 rings (SSSR count). The van der Waals surface area contributed by atoms with Gasteiger partial charge in [-0.05, 0) is 44.9 Å². The summed E-state index contributed by atoms with van der Waals surface area (Å²) in [7, 11) is 0. The molecule has 0 spiro atoms. The number of rotatable bonds is 6. The Hall–Kier alpha value is -1.26. The molecular weight excluding hydrogens is 256 g/mol. The maximum atomic E-state index is 12.0. The number of amides is 2. The lowest BCUT2D eigenvalue weighted by molar-refractivity contribution is -0.137. The molecule has 0 bridgehead atoms. The molecule has 0 aliphatic heterocycles. The van der Waals surface area contributed by atoms with E-state index in [1.807, 2.05) is 13.8 Å². The second kappa shape index (κ2) is 6.95. The van der Waals surface area contributed by atoms with Crippen LogP contribution in [0.25, 0.3) is 0 Å². The number of nitrogens with one attached hydrogen (secondary N) is 2. The molecule has 20 heavy (non-hydrogen) atoms. The molecule has 1 fully saturated rings. The van der Waals surface area contributed by atoms with Gasteiger partial charge in [0.15, 0.2) is 0 Å². The smallest absolute Gasteiger partial charge is 0.315 e. The highest BCUT2D eigenvalue weighted by Crippen LogP contribution is 2.33. The van der Waals surface area contributed by atoms with E-state index in [9.17, 15) is 9.59 Å². The summed E-state index contributed by atoms with van der Waals surface area (Å²) in [5.41, 5.74) is -0.505. The Morgan fingerprint density at radius 3 is 2.45 bits per heavy atom. The van der Waals surface area contributed by atoms with Gasteiger partial charge in [0.05, 0.1) is 0 Å². The van der Waals surface area contributed by atoms with Gasteiger partial charge in [-0.3, -0.25) is 4.79 Å². The molecule has 2 amide bonds. The average molecular weight is 284 g/mol. The van der Waals surface area contributed by atoms with Crippen molar-refractivity contribution in [2.45, 2.75) is 71.4 Å². The van der Waals surface area contributed by atoms with Crippen molar-refractivity contribution >= 4 is 12.0 Å². The quantitative estimate of drug-likeness (QED) is 0.701. The molecule has 1 aliphatic carbocycles. The van der Waals surface area contributed by atoms with Gasteiger partial charge in [-0.25, -0.2) is 4.79 Å². The van der Waals surface area contributed by atoms with Crippen LogP contribution < -0.4 is 10.6 Å². The summed E-state index contributed by atoms with van der Waals surface area (Å²) in [6.07, 6.45) is 3.84. The van der Waals surface area contributed by atoms with Crippen LogP contribution in [0.2, 0.25) is 0 Å². The number of hydrogen-bond acceptors (Lipinski definition) is 2. The van der Waals surface area contributed by atoms with Gasteiger partial charge < -0.3 is 15.7 Å². The van der Waals surface area contributed by atoms with E-state index >= 15 is 0 Å². The molecule has 0 radical (unpaired) electrons. The second-order valence-corrected chi connectivity index (χ2v) is 6.59. The number of hydrogen-bond donors (Lipinski definition) is 3. The molecular formula is C15H28N2O3. The lowest BCUT2D eigenvalue weighted by Crippen LogP contribution is -2.51. The minimum absolute atomic E-state index is 0.0605. The van der Waals surface area contributed by atoms with Crippen LogP contribution in [0.15, 0.2) is 0 Å². The first-order chi connectivity index (χ1) is 9.25. The average Bonchev–Trinajstić information content (AvgIpc) is 2.67. The Kier molecular flexibility index (Phi) is 5.84. The fraction of sp³-hybridized carbons (Fsp3) is 0.867. The fourth-order valence-electron chi connectivity index (χ4n) is 3.02. The maximum absolute atomic E-state index is 12.0. The predicted molar refractivity (Wildman–Crippen MR) is 78.6 cm³/mol. The topological polar surface area (TPSA) is 78.4 Å². The van der Waals surface area contributed by atoms with Gasteiger partial charge in [-0.2, -0.15) is 0 Å². The zero-order valence-electron chi connectivity index (χ0n) is 13.0. The highest BCUT2D eigenvalue weighted by Gasteiger charge is 2.33. The van der Waals surface area contributed by atoms with Crippen LogP contribution in [-0.2, 0) is 4.79 Å². The minimum Gasteiger partial charge on any atom is -0.481 e. The fourth-order valence-corrected chi connectivity index (χ4v) is 3.02. The van der Waals surface area contributed by atoms with E-state index in [2.05, 4.69) is 24.5 Å². The summed E-state index contributed by atoms with van der Waals surface area (Å²) >= 11 is 0. The zero-order valence-corrected chi connectivity index (χ0v) is 13.0. The van der Waals surface area contributed by atoms with Crippen LogP contribution in [0.5, 0.6) is 0 Å². The molecule has 0 aromatic heterocycles. The van der Waals surface area contributed by atoms with Crippen molar-refractivity contribution in [1.82, 2.24) is 10.6 Å². The molecule has 5 nitrogen and oxygen atoms in total. The SMILES string of the molecule is CCC1CCC(NC(=O)NC(C)(C)CCC(=O)O)C1C. The van der Waals surface area contributed by atoms with Gasteiger partial charge in [0, 0.05) is 18.0 Å². The van der Waals surface area contributed by atoms with Crippen molar-refractivity contribution in [2.24, 2.45) is 11.8 Å². The summed E-state index contributed by atoms with van der Waals surface area (Å²) in [5, 5.41) is 14.6. The highest BCUT2D eigenvalue weighted by molar-refractivity contribution is 5.75. The van der Waals surface area contributed by atoms with Crippen LogP contribution in [0.3, 0.4) is 0 Å². The van der Waals surface area contributed by atoms with Gasteiger partial charge in [0.25, 0.3) is 0 Å². The van der Waals surface area contributed by atoms with Crippen molar-refractivity contribution in [3.05, 3.63) is 0 Å². The molecule has 1 saturated carbocycles. The van der Waals surface area contributed by atoms with Gasteiger partial charge in [0.2, 0.25) is 0 Å². The monoisotopic (exact) mass is 284 g/mol. The van der Waals surface area contributed by atoms with E-state index in [4.69, 9.17) is 5.11 Å². The third-order valence-corrected chi connectivity index (χ3v) is 4.48. The first-order valence-corrected chi connectivity index (χ1v) is 7.55. The van der Waals surface area contributed by atoms with Crippen LogP contribution in [0.1, 0.15) is 59.8 Å². The molecule has 0 saturated heterocycles. The Balaban J connectivity index is 2.41. The Morgan fingerprint density at radius 1 is 1.30 bits per heavy atom. The van der Waals surface area contributed by atoms with E-state index in [1.165, 1.54) is 6.42 Å². The number of aliphatic carboxylic acids is 1. The zero-order chi connectivity index (χ0) is 15.3. The summed E-state index contributed by atoms with van der Waals surface area (Å²) < 4.78 is 0. The Bertz CT molecular complexity index is 355. The van der Waals surface area contributed by atoms with E-state index in [-0.39, 0.29) is 18.5 Å². The third-order valence-electron chi connectivity index (χ3n) is 4.48. The molecule has 0 aromatic rings. The van der Waals surface area contributed by atoms with Crippen LogP contribution in [-0.4, -0.2) is 28.7 Å². The normalized spacial score (nSPS) is 26.3. The maximum Gasteiger partial charge on any atom is 0.315 e. The van der Waals surface area contributed by atoms with Crippen molar-refractivity contribution in [3.8, 4) is 0 Å². The summed E-state index contributed by atoms with van der Waals surface area (Å²) in [4.78, 5) is 22.6. The second-order valence-electron chi connectivity index (χ2n) is 6.59. The largest absolute Gasteiger partial charge is 0.481 e. The molecule has 3 N–H and O–H groups in total. The van der Waals surface area contributed by atoms with Gasteiger partial charge >= 0.3 is 12.0 Å². The molecule has 0 aromatic carbocycles. The van der Waals surface area contributed by atoms with Gasteiger partial charge in [0.1, 0.15) is 0 Å². The lowest BCUT2D eigenvalue weighted by Gasteiger charge is -2.28. The molecule has 0 heterocycles. The van der Waals surface area contributed by atoms with E-state index in [0.717, 1.165) is 12.8 Å². The van der Waals surface area contributed by atoms with Crippen molar-refractivity contribution in [1.29, 1.82) is 0 Å². The lowest BCUT2D eigenvalue weighted by atomic mass is 9.93. The standard InChI is InChI=1S/C15H28N2O3/c1-5-11-6-7-12(10(11)2)16-14(20)17-15(3,4)9-8-13(18)19/h10-12H,5-9H2,1-4H3,(H,18,19)(H2,16,17,20). The molecule has 1 aliphatic rings. The van der Waals surface area contributed by atoms with Crippen LogP contribution in [0, 0.1) is 11.8 Å². The number of carbonyl (C=O) groups is 2. The number of carboxylic acids is 1. The first-order valence-electron chi connectivity index (χ1n) is 7.55. The minimum atomic E-state index is -0.838.